The summed E-state index contributed by atoms with van der Waals surface area (Å²) in [5, 5.41) is 3.00. The predicted molar refractivity (Wildman–Crippen MR) is 91.6 cm³/mol. The van der Waals surface area contributed by atoms with Crippen LogP contribution >= 0.6 is 0 Å². The lowest BCUT2D eigenvalue weighted by Crippen LogP contribution is -2.47. The quantitative estimate of drug-likeness (QED) is 0.889. The lowest BCUT2D eigenvalue weighted by Gasteiger charge is -2.31. The fourth-order valence-corrected chi connectivity index (χ4v) is 3.81. The van der Waals surface area contributed by atoms with Gasteiger partial charge in [0, 0.05) is 25.0 Å². The van der Waals surface area contributed by atoms with Crippen LogP contribution in [0.4, 0.5) is 0 Å². The van der Waals surface area contributed by atoms with Gasteiger partial charge in [0.15, 0.2) is 0 Å². The third kappa shape index (κ3) is 4.78. The number of carbonyl (C=O) groups is 1. The van der Waals surface area contributed by atoms with E-state index in [1.165, 1.54) is 16.1 Å². The predicted octanol–water partition coefficient (Wildman–Crippen LogP) is 1.75. The van der Waals surface area contributed by atoms with Gasteiger partial charge in [-0.1, -0.05) is 44.2 Å². The molecule has 1 amide bonds. The molecule has 0 saturated carbocycles. The fraction of sp³-hybridized carbons (Fsp3) is 0.588. The average molecular weight is 338 g/mol. The zero-order valence-electron chi connectivity index (χ0n) is 14.1. The van der Waals surface area contributed by atoms with E-state index in [0.29, 0.717) is 13.1 Å². The molecule has 1 unspecified atom stereocenters. The summed E-state index contributed by atoms with van der Waals surface area (Å²) in [7, 11) is -3.23. The first kappa shape index (κ1) is 17.9. The van der Waals surface area contributed by atoms with Crippen molar-refractivity contribution in [2.45, 2.75) is 32.1 Å². The highest BCUT2D eigenvalue weighted by atomic mass is 32.2. The molecule has 0 radical (unpaired) electrons. The van der Waals surface area contributed by atoms with Crippen molar-refractivity contribution in [1.29, 1.82) is 0 Å². The maximum absolute atomic E-state index is 12.4. The van der Waals surface area contributed by atoms with Crippen molar-refractivity contribution in [1.82, 2.24) is 9.62 Å². The molecule has 2 rings (SSSR count). The number of rotatable bonds is 5. The molecule has 1 aromatic carbocycles. The summed E-state index contributed by atoms with van der Waals surface area (Å²) in [6.07, 6.45) is 2.67. The van der Waals surface area contributed by atoms with Crippen molar-refractivity contribution in [3.8, 4) is 0 Å². The molecule has 5 nitrogen and oxygen atoms in total. The van der Waals surface area contributed by atoms with Crippen LogP contribution in [0.5, 0.6) is 0 Å². The molecule has 1 N–H and O–H groups in total. The summed E-state index contributed by atoms with van der Waals surface area (Å²) in [5.74, 6) is -0.313. The van der Waals surface area contributed by atoms with Gasteiger partial charge < -0.3 is 5.32 Å². The Bertz CT molecular complexity index is 641. The number of sulfonamides is 1. The molecule has 1 fully saturated rings. The van der Waals surface area contributed by atoms with Gasteiger partial charge in [-0.3, -0.25) is 4.79 Å². The molecule has 1 saturated heterocycles. The SMILES string of the molecule is CC(C)(CNC(=O)C1CCCN(S(C)(=O)=O)C1)c1ccccc1. The number of hydrogen-bond donors (Lipinski definition) is 1. The fourth-order valence-electron chi connectivity index (χ4n) is 2.90. The van der Waals surface area contributed by atoms with E-state index < -0.39 is 10.0 Å². The van der Waals surface area contributed by atoms with Gasteiger partial charge in [-0.15, -0.1) is 0 Å². The zero-order chi connectivity index (χ0) is 17.1. The molecule has 0 bridgehead atoms. The van der Waals surface area contributed by atoms with E-state index in [1.54, 1.807) is 0 Å². The van der Waals surface area contributed by atoms with Crippen molar-refractivity contribution in [3.63, 3.8) is 0 Å². The molecular formula is C17H26N2O3S. The lowest BCUT2D eigenvalue weighted by atomic mass is 9.84. The third-order valence-corrected chi connectivity index (χ3v) is 5.75. The van der Waals surface area contributed by atoms with Gasteiger partial charge in [-0.2, -0.15) is 0 Å². The largest absolute Gasteiger partial charge is 0.355 e. The van der Waals surface area contributed by atoms with E-state index in [0.717, 1.165) is 12.8 Å². The molecule has 1 aliphatic heterocycles. The minimum atomic E-state index is -3.23. The van der Waals surface area contributed by atoms with Gasteiger partial charge in [0.05, 0.1) is 12.2 Å². The number of benzene rings is 1. The van der Waals surface area contributed by atoms with Crippen molar-refractivity contribution < 1.29 is 13.2 Å². The Morgan fingerprint density at radius 1 is 1.30 bits per heavy atom. The second-order valence-electron chi connectivity index (χ2n) is 6.93. The van der Waals surface area contributed by atoms with E-state index >= 15 is 0 Å². The Balaban J connectivity index is 1.94. The van der Waals surface area contributed by atoms with Crippen molar-refractivity contribution in [3.05, 3.63) is 35.9 Å². The Labute approximate surface area is 139 Å². The topological polar surface area (TPSA) is 66.5 Å². The first-order valence-electron chi connectivity index (χ1n) is 7.98. The molecule has 6 heteroatoms. The van der Waals surface area contributed by atoms with Gasteiger partial charge in [0.1, 0.15) is 0 Å². The van der Waals surface area contributed by atoms with Crippen molar-refractivity contribution >= 4 is 15.9 Å². The van der Waals surface area contributed by atoms with E-state index in [-0.39, 0.29) is 23.8 Å². The van der Waals surface area contributed by atoms with Crippen LogP contribution in [0.15, 0.2) is 30.3 Å². The first-order valence-corrected chi connectivity index (χ1v) is 9.83. The van der Waals surface area contributed by atoms with E-state index in [1.807, 2.05) is 18.2 Å². The van der Waals surface area contributed by atoms with Crippen molar-refractivity contribution in [2.24, 2.45) is 5.92 Å². The third-order valence-electron chi connectivity index (χ3n) is 4.48. The van der Waals surface area contributed by atoms with Gasteiger partial charge in [-0.05, 0) is 18.4 Å². The maximum atomic E-state index is 12.4. The number of amides is 1. The lowest BCUT2D eigenvalue weighted by molar-refractivity contribution is -0.126. The standard InChI is InChI=1S/C17H26N2O3S/c1-17(2,15-9-5-4-6-10-15)13-18-16(20)14-8-7-11-19(12-14)23(3,21)22/h4-6,9-10,14H,7-8,11-13H2,1-3H3,(H,18,20). The van der Waals surface area contributed by atoms with Crippen molar-refractivity contribution in [2.75, 3.05) is 25.9 Å². The number of hydrogen-bond acceptors (Lipinski definition) is 3. The molecule has 23 heavy (non-hydrogen) atoms. The van der Waals surface area contributed by atoms with Gasteiger partial charge in [-0.25, -0.2) is 12.7 Å². The molecule has 1 aliphatic rings. The molecule has 0 aromatic heterocycles. The second-order valence-corrected chi connectivity index (χ2v) is 8.91. The zero-order valence-corrected chi connectivity index (χ0v) is 14.9. The number of nitrogens with one attached hydrogen (secondary N) is 1. The highest BCUT2D eigenvalue weighted by Gasteiger charge is 2.31. The van der Waals surface area contributed by atoms with Gasteiger partial charge >= 0.3 is 0 Å². The van der Waals surface area contributed by atoms with Crippen LogP contribution < -0.4 is 5.32 Å². The van der Waals surface area contributed by atoms with E-state index in [2.05, 4.69) is 31.3 Å². The van der Waals surface area contributed by atoms with Crippen LogP contribution in [-0.2, 0) is 20.2 Å². The van der Waals surface area contributed by atoms with Crippen LogP contribution in [0.25, 0.3) is 0 Å². The summed E-state index contributed by atoms with van der Waals surface area (Å²) < 4.78 is 24.7. The van der Waals surface area contributed by atoms with Crippen LogP contribution in [0.3, 0.4) is 0 Å². The molecule has 0 aliphatic carbocycles. The summed E-state index contributed by atoms with van der Waals surface area (Å²) in [6, 6.07) is 10.1. The highest BCUT2D eigenvalue weighted by molar-refractivity contribution is 7.88. The van der Waals surface area contributed by atoms with E-state index in [4.69, 9.17) is 0 Å². The molecule has 0 spiro atoms. The molecule has 1 atom stereocenters. The Hall–Kier alpha value is -1.40. The number of carbonyl (C=O) groups excluding carboxylic acids is 1. The summed E-state index contributed by atoms with van der Waals surface area (Å²) in [5.41, 5.74) is 1.00. The molecule has 1 aromatic rings. The van der Waals surface area contributed by atoms with Gasteiger partial charge in [0.2, 0.25) is 15.9 Å². The smallest absolute Gasteiger partial charge is 0.224 e. The number of piperidine rings is 1. The van der Waals surface area contributed by atoms with Crippen LogP contribution in [0.2, 0.25) is 0 Å². The highest BCUT2D eigenvalue weighted by Crippen LogP contribution is 2.23. The van der Waals surface area contributed by atoms with Crippen LogP contribution in [0.1, 0.15) is 32.3 Å². The molecular weight excluding hydrogens is 312 g/mol. The average Bonchev–Trinajstić information content (AvgIpc) is 2.53. The van der Waals surface area contributed by atoms with Crippen LogP contribution in [-0.4, -0.2) is 44.5 Å². The molecule has 128 valence electrons. The second kappa shape index (κ2) is 7.01. The Morgan fingerprint density at radius 3 is 2.57 bits per heavy atom. The van der Waals surface area contributed by atoms with Gasteiger partial charge in [0.25, 0.3) is 0 Å². The summed E-state index contributed by atoms with van der Waals surface area (Å²) >= 11 is 0. The number of nitrogens with zero attached hydrogens (tertiary/aromatic N) is 1. The van der Waals surface area contributed by atoms with Crippen LogP contribution in [0, 0.1) is 5.92 Å². The minimum absolute atomic E-state index is 0.0534. The maximum Gasteiger partial charge on any atom is 0.224 e. The minimum Gasteiger partial charge on any atom is -0.355 e. The normalized spacial score (nSPS) is 20.2. The summed E-state index contributed by atoms with van der Waals surface area (Å²) in [4.78, 5) is 12.4. The Morgan fingerprint density at radius 2 is 1.96 bits per heavy atom. The first-order chi connectivity index (χ1) is 10.7. The monoisotopic (exact) mass is 338 g/mol. The summed E-state index contributed by atoms with van der Waals surface area (Å²) in [6.45, 7) is 5.51. The Kier molecular flexibility index (Phi) is 5.47. The van der Waals surface area contributed by atoms with E-state index in [9.17, 15) is 13.2 Å². The molecule has 1 heterocycles.